The number of rotatable bonds is 2. The van der Waals surface area contributed by atoms with Crippen molar-refractivity contribution in [2.45, 2.75) is 0 Å². The number of fused-ring (bicyclic) bond motifs is 1. The number of anilines is 1. The molecule has 0 unspecified atom stereocenters. The fraction of sp³-hybridized carbons (Fsp3) is 0. The Labute approximate surface area is 163 Å². The number of amides is 2. The highest BCUT2D eigenvalue weighted by Gasteiger charge is 2.34. The third kappa shape index (κ3) is 2.92. The van der Waals surface area contributed by atoms with E-state index in [4.69, 9.17) is 23.8 Å². The van der Waals surface area contributed by atoms with Gasteiger partial charge >= 0.3 is 0 Å². The van der Waals surface area contributed by atoms with Gasteiger partial charge in [-0.2, -0.15) is 0 Å². The normalized spacial score (nSPS) is 16.4. The van der Waals surface area contributed by atoms with Crippen LogP contribution < -0.4 is 10.2 Å². The van der Waals surface area contributed by atoms with Crippen LogP contribution in [0.2, 0.25) is 5.02 Å². The van der Waals surface area contributed by atoms with Gasteiger partial charge in [-0.05, 0) is 65.0 Å². The van der Waals surface area contributed by atoms with Crippen LogP contribution >= 0.6 is 35.2 Å². The molecule has 1 aliphatic rings. The van der Waals surface area contributed by atoms with Crippen molar-refractivity contribution in [2.75, 3.05) is 4.90 Å². The molecule has 1 aromatic heterocycles. The van der Waals surface area contributed by atoms with E-state index in [0.29, 0.717) is 10.7 Å². The standard InChI is InChI=1S/C19H11ClN2O2S2/c20-12-5-7-13(8-6-12)22-18(24)15(17(23)21-19(22)25)9-11-10-26-16-4-2-1-3-14(11)16/h1-10H,(H,21,23,25). The van der Waals surface area contributed by atoms with Gasteiger partial charge in [0.05, 0.1) is 5.69 Å². The highest BCUT2D eigenvalue weighted by molar-refractivity contribution is 7.80. The summed E-state index contributed by atoms with van der Waals surface area (Å²) < 4.78 is 1.09. The molecule has 0 saturated carbocycles. The highest BCUT2D eigenvalue weighted by Crippen LogP contribution is 2.29. The minimum Gasteiger partial charge on any atom is -0.298 e. The number of benzene rings is 2. The second-order valence-corrected chi connectivity index (χ2v) is 7.36. The molecule has 0 radical (unpaired) electrons. The molecule has 4 rings (SSSR count). The first-order chi connectivity index (χ1) is 12.5. The number of nitrogens with zero attached hydrogens (tertiary/aromatic N) is 1. The number of carbonyl (C=O) groups is 2. The zero-order chi connectivity index (χ0) is 18.3. The summed E-state index contributed by atoms with van der Waals surface area (Å²) in [5, 5.41) is 6.11. The minimum absolute atomic E-state index is 0.0390. The molecule has 1 saturated heterocycles. The summed E-state index contributed by atoms with van der Waals surface area (Å²) in [6.45, 7) is 0. The second-order valence-electron chi connectivity index (χ2n) is 5.62. The van der Waals surface area contributed by atoms with Gasteiger partial charge in [0.2, 0.25) is 0 Å². The van der Waals surface area contributed by atoms with E-state index in [1.165, 1.54) is 4.90 Å². The Hall–Kier alpha value is -2.54. The monoisotopic (exact) mass is 398 g/mol. The molecule has 2 heterocycles. The summed E-state index contributed by atoms with van der Waals surface area (Å²) >= 11 is 12.7. The summed E-state index contributed by atoms with van der Waals surface area (Å²) in [5.74, 6) is -0.961. The van der Waals surface area contributed by atoms with Crippen molar-refractivity contribution in [2.24, 2.45) is 0 Å². The van der Waals surface area contributed by atoms with E-state index in [2.05, 4.69) is 5.32 Å². The first-order valence-corrected chi connectivity index (χ1v) is 9.34. The molecule has 7 heteroatoms. The molecule has 1 aliphatic heterocycles. The summed E-state index contributed by atoms with van der Waals surface area (Å²) in [6, 6.07) is 14.5. The third-order valence-corrected chi connectivity index (χ3v) is 5.52. The van der Waals surface area contributed by atoms with Gasteiger partial charge in [-0.25, -0.2) is 0 Å². The number of thiophene rings is 1. The van der Waals surface area contributed by atoms with Crippen LogP contribution in [0.15, 0.2) is 59.5 Å². The van der Waals surface area contributed by atoms with Crippen molar-refractivity contribution >= 4 is 73.9 Å². The van der Waals surface area contributed by atoms with E-state index in [0.717, 1.165) is 15.6 Å². The quantitative estimate of drug-likeness (QED) is 0.396. The van der Waals surface area contributed by atoms with Gasteiger partial charge in [0, 0.05) is 9.72 Å². The summed E-state index contributed by atoms with van der Waals surface area (Å²) in [4.78, 5) is 26.6. The molecule has 1 fully saturated rings. The van der Waals surface area contributed by atoms with E-state index in [1.54, 1.807) is 41.7 Å². The Balaban J connectivity index is 1.78. The zero-order valence-corrected chi connectivity index (χ0v) is 15.6. The first-order valence-electron chi connectivity index (χ1n) is 7.68. The molecule has 0 aliphatic carbocycles. The van der Waals surface area contributed by atoms with Gasteiger partial charge in [0.25, 0.3) is 11.8 Å². The van der Waals surface area contributed by atoms with Crippen LogP contribution in [0.4, 0.5) is 5.69 Å². The molecule has 0 bridgehead atoms. The smallest absolute Gasteiger partial charge is 0.270 e. The fourth-order valence-electron chi connectivity index (χ4n) is 2.75. The lowest BCUT2D eigenvalue weighted by molar-refractivity contribution is -0.122. The number of thiocarbonyl (C=S) groups is 1. The van der Waals surface area contributed by atoms with Crippen molar-refractivity contribution in [1.29, 1.82) is 0 Å². The van der Waals surface area contributed by atoms with Gasteiger partial charge in [0.15, 0.2) is 5.11 Å². The van der Waals surface area contributed by atoms with Crippen LogP contribution in [-0.4, -0.2) is 16.9 Å². The number of hydrogen-bond donors (Lipinski definition) is 1. The van der Waals surface area contributed by atoms with Crippen LogP contribution in [0.3, 0.4) is 0 Å². The predicted octanol–water partition coefficient (Wildman–Crippen LogP) is 4.39. The SMILES string of the molecule is O=C1NC(=S)N(c2ccc(Cl)cc2)C(=O)C1=Cc1csc2ccccc12. The highest BCUT2D eigenvalue weighted by atomic mass is 35.5. The molecule has 128 valence electrons. The Morgan fingerprint density at radius 2 is 1.81 bits per heavy atom. The van der Waals surface area contributed by atoms with Crippen LogP contribution in [-0.2, 0) is 9.59 Å². The Morgan fingerprint density at radius 3 is 2.58 bits per heavy atom. The van der Waals surface area contributed by atoms with Crippen molar-refractivity contribution < 1.29 is 9.59 Å². The van der Waals surface area contributed by atoms with Crippen molar-refractivity contribution in [3.05, 3.63) is 70.1 Å². The lowest BCUT2D eigenvalue weighted by Gasteiger charge is -2.28. The Kier molecular flexibility index (Phi) is 4.32. The van der Waals surface area contributed by atoms with Crippen LogP contribution in [0.1, 0.15) is 5.56 Å². The average Bonchev–Trinajstić information content (AvgIpc) is 3.03. The first kappa shape index (κ1) is 16.9. The lowest BCUT2D eigenvalue weighted by atomic mass is 10.1. The Morgan fingerprint density at radius 1 is 1.08 bits per heavy atom. The molecule has 2 aromatic carbocycles. The largest absolute Gasteiger partial charge is 0.298 e. The van der Waals surface area contributed by atoms with E-state index in [9.17, 15) is 9.59 Å². The van der Waals surface area contributed by atoms with Crippen molar-refractivity contribution in [1.82, 2.24) is 5.32 Å². The van der Waals surface area contributed by atoms with E-state index in [-0.39, 0.29) is 10.7 Å². The third-order valence-electron chi connectivity index (χ3n) is 4.00. The minimum atomic E-state index is -0.500. The summed E-state index contributed by atoms with van der Waals surface area (Å²) in [6.07, 6.45) is 1.61. The molecule has 2 amide bonds. The lowest BCUT2D eigenvalue weighted by Crippen LogP contribution is -2.54. The van der Waals surface area contributed by atoms with Crippen molar-refractivity contribution in [3.63, 3.8) is 0 Å². The predicted molar refractivity (Wildman–Crippen MR) is 109 cm³/mol. The summed E-state index contributed by atoms with van der Waals surface area (Å²) in [7, 11) is 0. The Bertz CT molecular complexity index is 1090. The van der Waals surface area contributed by atoms with Gasteiger partial charge in [-0.15, -0.1) is 11.3 Å². The maximum atomic E-state index is 13.0. The van der Waals surface area contributed by atoms with Gasteiger partial charge in [-0.1, -0.05) is 29.8 Å². The van der Waals surface area contributed by atoms with E-state index in [1.807, 2.05) is 29.6 Å². The van der Waals surface area contributed by atoms with Gasteiger partial charge in [0.1, 0.15) is 5.57 Å². The molecule has 3 aromatic rings. The van der Waals surface area contributed by atoms with Crippen LogP contribution in [0.5, 0.6) is 0 Å². The molecular weight excluding hydrogens is 388 g/mol. The van der Waals surface area contributed by atoms with Gasteiger partial charge in [-0.3, -0.25) is 19.8 Å². The molecule has 4 nitrogen and oxygen atoms in total. The number of nitrogens with one attached hydrogen (secondary N) is 1. The zero-order valence-electron chi connectivity index (χ0n) is 13.2. The molecule has 26 heavy (non-hydrogen) atoms. The number of hydrogen-bond acceptors (Lipinski definition) is 4. The van der Waals surface area contributed by atoms with Crippen LogP contribution in [0, 0.1) is 0 Å². The van der Waals surface area contributed by atoms with E-state index < -0.39 is 11.8 Å². The molecule has 0 spiro atoms. The second kappa shape index (κ2) is 6.64. The molecule has 1 N–H and O–H groups in total. The van der Waals surface area contributed by atoms with Crippen LogP contribution in [0.25, 0.3) is 16.2 Å². The number of halogens is 1. The number of carbonyl (C=O) groups excluding carboxylic acids is 2. The topological polar surface area (TPSA) is 49.4 Å². The van der Waals surface area contributed by atoms with Gasteiger partial charge < -0.3 is 0 Å². The maximum Gasteiger partial charge on any atom is 0.270 e. The van der Waals surface area contributed by atoms with Crippen molar-refractivity contribution in [3.8, 4) is 0 Å². The molecule has 0 atom stereocenters. The average molecular weight is 399 g/mol. The summed E-state index contributed by atoms with van der Waals surface area (Å²) in [5.41, 5.74) is 1.41. The maximum absolute atomic E-state index is 13.0. The van der Waals surface area contributed by atoms with E-state index >= 15 is 0 Å². The molecular formula is C19H11ClN2O2S2. The fourth-order valence-corrected chi connectivity index (χ4v) is 4.07.